The molecule has 0 N–H and O–H groups in total. The molecule has 0 saturated carbocycles. The van der Waals surface area contributed by atoms with E-state index in [1.165, 1.54) is 22.3 Å². The van der Waals surface area contributed by atoms with Crippen molar-refractivity contribution in [2.45, 2.75) is 6.92 Å². The van der Waals surface area contributed by atoms with Crippen molar-refractivity contribution in [3.8, 4) is 11.1 Å². The number of hydrogen-bond donors (Lipinski definition) is 0. The molecule has 1 aromatic carbocycles. The van der Waals surface area contributed by atoms with Gasteiger partial charge in [0.2, 0.25) is 5.71 Å². The van der Waals surface area contributed by atoms with Crippen LogP contribution in [0, 0.1) is 6.92 Å². The van der Waals surface area contributed by atoms with E-state index in [0.29, 0.717) is 5.71 Å². The summed E-state index contributed by atoms with van der Waals surface area (Å²) >= 11 is 0. The van der Waals surface area contributed by atoms with Crippen molar-refractivity contribution >= 4 is 35.3 Å². The van der Waals surface area contributed by atoms with Gasteiger partial charge < -0.3 is 9.23 Å². The Hall–Kier alpha value is -3.34. The molecule has 28 heavy (non-hydrogen) atoms. The monoisotopic (exact) mass is 366 g/mol. The summed E-state index contributed by atoms with van der Waals surface area (Å²) < 4.78 is 8.16. The summed E-state index contributed by atoms with van der Waals surface area (Å²) in [4.78, 5) is 6.65. The smallest absolute Gasteiger partial charge is 0.396 e. The van der Waals surface area contributed by atoms with Gasteiger partial charge in [-0.3, -0.25) is 0 Å². The Morgan fingerprint density at radius 3 is 2.75 bits per heavy atom. The topological polar surface area (TPSA) is 33.1 Å². The van der Waals surface area contributed by atoms with Crippen LogP contribution in [0.5, 0.6) is 0 Å². The Morgan fingerprint density at radius 1 is 1.11 bits per heavy atom. The molecule has 3 aromatic heterocycles. The number of anilines is 1. The average molecular weight is 366 g/mol. The predicted octanol–water partition coefficient (Wildman–Crippen LogP) is 3.53. The maximum Gasteiger partial charge on any atom is 0.396 e. The highest BCUT2D eigenvalue weighted by Crippen LogP contribution is 2.36. The Morgan fingerprint density at radius 2 is 1.93 bits per heavy atom. The normalized spacial score (nSPS) is 13.2. The maximum atomic E-state index is 5.94. The summed E-state index contributed by atoms with van der Waals surface area (Å²) in [6.45, 7) is 2.28. The summed E-state index contributed by atoms with van der Waals surface area (Å²) in [5, 5.41) is 1.05. The molecule has 4 aromatic rings. The Labute approximate surface area is 164 Å². The zero-order valence-electron chi connectivity index (χ0n) is 16.3. The van der Waals surface area contributed by atoms with Crippen molar-refractivity contribution in [3.63, 3.8) is 0 Å². The molecule has 5 rings (SSSR count). The van der Waals surface area contributed by atoms with Crippen LogP contribution in [-0.4, -0.2) is 18.9 Å². The van der Waals surface area contributed by atoms with Crippen molar-refractivity contribution in [2.24, 2.45) is 7.05 Å². The first-order chi connectivity index (χ1) is 13.6. The molecule has 0 radical (unpaired) electrons. The van der Waals surface area contributed by atoms with Crippen molar-refractivity contribution in [2.75, 3.05) is 11.9 Å². The molecule has 1 aliphatic rings. The van der Waals surface area contributed by atoms with Gasteiger partial charge in [0.15, 0.2) is 17.6 Å². The zero-order valence-corrected chi connectivity index (χ0v) is 16.3. The first-order valence-corrected chi connectivity index (χ1v) is 9.47. The molecule has 0 fully saturated rings. The molecule has 0 aliphatic carbocycles. The van der Waals surface area contributed by atoms with E-state index in [1.807, 2.05) is 6.07 Å². The third-order valence-corrected chi connectivity index (χ3v) is 5.57. The highest BCUT2D eigenvalue weighted by atomic mass is 16.3. The number of aryl methyl sites for hydroxylation is 2. The van der Waals surface area contributed by atoms with Gasteiger partial charge in [-0.1, -0.05) is 36.3 Å². The van der Waals surface area contributed by atoms with E-state index in [0.717, 1.165) is 16.8 Å². The lowest BCUT2D eigenvalue weighted by molar-refractivity contribution is -0.654. The lowest BCUT2D eigenvalue weighted by Crippen LogP contribution is -2.60. The molecule has 0 saturated heterocycles. The number of furan rings is 1. The zero-order chi connectivity index (χ0) is 19.3. The second-order valence-corrected chi connectivity index (χ2v) is 7.36. The van der Waals surface area contributed by atoms with E-state index < -0.39 is 0 Å². The van der Waals surface area contributed by atoms with Crippen LogP contribution in [0.25, 0.3) is 28.3 Å². The molecule has 136 valence electrons. The van der Waals surface area contributed by atoms with Crippen molar-refractivity contribution < 1.29 is 8.98 Å². The number of fused-ring (bicyclic) bond motifs is 3. The second kappa shape index (κ2) is 6.38. The number of nitrogens with zero attached hydrogens (tertiary/aromatic N) is 3. The SMILES string of the molecule is Cc1c[n+](C)c(B2C=Cc3oc4ncccc4c3N2C)cc1-c1ccccc1. The van der Waals surface area contributed by atoms with Crippen LogP contribution >= 0.6 is 0 Å². The molecule has 5 heteroatoms. The Bertz CT molecular complexity index is 1210. The quantitative estimate of drug-likeness (QED) is 0.402. The molecule has 0 unspecified atom stereocenters. The first kappa shape index (κ1) is 16.8. The van der Waals surface area contributed by atoms with Gasteiger partial charge in [-0.25, -0.2) is 9.55 Å². The minimum atomic E-state index is 0.113. The van der Waals surface area contributed by atoms with Gasteiger partial charge in [0.1, 0.15) is 7.05 Å². The summed E-state index contributed by atoms with van der Waals surface area (Å²) in [5.74, 6) is 3.06. The van der Waals surface area contributed by atoms with Gasteiger partial charge in [-0.15, -0.1) is 0 Å². The minimum absolute atomic E-state index is 0.113. The molecule has 4 nitrogen and oxygen atoms in total. The lowest BCUT2D eigenvalue weighted by Gasteiger charge is -2.26. The van der Waals surface area contributed by atoms with Crippen LogP contribution in [-0.2, 0) is 7.05 Å². The molecular formula is C23H21BN3O+. The van der Waals surface area contributed by atoms with Gasteiger partial charge in [0, 0.05) is 17.8 Å². The fourth-order valence-electron chi connectivity index (χ4n) is 4.18. The number of pyridine rings is 2. The van der Waals surface area contributed by atoms with Crippen LogP contribution in [0.1, 0.15) is 11.3 Å². The average Bonchev–Trinajstić information content (AvgIpc) is 3.09. The highest BCUT2D eigenvalue weighted by Gasteiger charge is 2.35. The fourth-order valence-corrected chi connectivity index (χ4v) is 4.18. The van der Waals surface area contributed by atoms with Crippen LogP contribution in [0.4, 0.5) is 5.69 Å². The molecule has 1 aliphatic heterocycles. The molecule has 0 spiro atoms. The largest absolute Gasteiger partial charge is 0.436 e. The van der Waals surface area contributed by atoms with Gasteiger partial charge in [-0.05, 0) is 43.3 Å². The summed E-state index contributed by atoms with van der Waals surface area (Å²) in [5.41, 5.74) is 6.77. The van der Waals surface area contributed by atoms with E-state index in [4.69, 9.17) is 4.42 Å². The highest BCUT2D eigenvalue weighted by molar-refractivity contribution is 6.81. The van der Waals surface area contributed by atoms with Crippen LogP contribution < -0.4 is 15.0 Å². The van der Waals surface area contributed by atoms with Crippen LogP contribution in [0.2, 0.25) is 0 Å². The van der Waals surface area contributed by atoms with E-state index in [9.17, 15) is 0 Å². The van der Waals surface area contributed by atoms with Crippen molar-refractivity contribution in [3.05, 3.63) is 78.2 Å². The lowest BCUT2D eigenvalue weighted by atomic mass is 9.55. The van der Waals surface area contributed by atoms with Crippen molar-refractivity contribution in [1.82, 2.24) is 4.98 Å². The molecule has 4 heterocycles. The first-order valence-electron chi connectivity index (χ1n) is 9.47. The third kappa shape index (κ3) is 2.54. The summed E-state index contributed by atoms with van der Waals surface area (Å²) in [7, 11) is 4.24. The van der Waals surface area contributed by atoms with Gasteiger partial charge in [-0.2, -0.15) is 0 Å². The minimum Gasteiger partial charge on any atom is -0.436 e. The maximum absolute atomic E-state index is 5.94. The number of aromatic nitrogens is 2. The molecule has 0 atom stereocenters. The van der Waals surface area contributed by atoms with Gasteiger partial charge in [0.05, 0.1) is 11.1 Å². The molecule has 0 amide bonds. The number of benzene rings is 1. The Kier molecular flexibility index (Phi) is 3.83. The summed E-state index contributed by atoms with van der Waals surface area (Å²) in [6, 6.07) is 16.9. The number of rotatable bonds is 2. The fraction of sp³-hybridized carbons (Fsp3) is 0.130. The Balaban J connectivity index is 1.64. The van der Waals surface area contributed by atoms with Crippen LogP contribution in [0.15, 0.2) is 71.3 Å². The molecular weight excluding hydrogens is 345 g/mol. The standard InChI is InChI=1S/C23H21BN3O/c1-16-15-26(2)21(14-19(16)17-8-5-4-6-9-17)24-12-11-20-22(27(24)3)18-10-7-13-25-23(18)28-20/h4-15H,1-3H3/q+1. The number of hydrogen-bond acceptors (Lipinski definition) is 3. The predicted molar refractivity (Wildman–Crippen MR) is 115 cm³/mol. The second-order valence-electron chi connectivity index (χ2n) is 7.36. The molecule has 0 bridgehead atoms. The summed E-state index contributed by atoms with van der Waals surface area (Å²) in [6.07, 6.45) is 6.05. The van der Waals surface area contributed by atoms with E-state index in [2.05, 4.69) is 96.1 Å². The van der Waals surface area contributed by atoms with E-state index in [1.54, 1.807) is 6.20 Å². The van der Waals surface area contributed by atoms with Gasteiger partial charge >= 0.3 is 6.85 Å². The third-order valence-electron chi connectivity index (χ3n) is 5.57. The van der Waals surface area contributed by atoms with Crippen LogP contribution in [0.3, 0.4) is 0 Å². The van der Waals surface area contributed by atoms with E-state index >= 15 is 0 Å². The van der Waals surface area contributed by atoms with E-state index in [-0.39, 0.29) is 6.85 Å². The van der Waals surface area contributed by atoms with Crippen molar-refractivity contribution in [1.29, 1.82) is 0 Å². The van der Waals surface area contributed by atoms with Gasteiger partial charge in [0.25, 0.3) is 0 Å².